The Bertz CT molecular complexity index is 5340. The molecule has 712 valence electrons. The molecule has 9 aromatic rings. The molecule has 9 aromatic carbocycles. The molecule has 9 rings (SSSR count). The van der Waals surface area contributed by atoms with E-state index in [2.05, 4.69) is 236 Å². The predicted octanol–water partition coefficient (Wildman–Crippen LogP) is 34.1. The third-order valence-corrected chi connectivity index (χ3v) is 29.7. The molecule has 0 amide bonds. The highest BCUT2D eigenvalue weighted by atomic mass is 28.4. The van der Waals surface area contributed by atoms with E-state index in [4.69, 9.17) is 18.0 Å². The van der Waals surface area contributed by atoms with Crippen LogP contribution in [0.5, 0.6) is 5.75 Å². The van der Waals surface area contributed by atoms with Crippen molar-refractivity contribution < 1.29 is 22.8 Å². The van der Waals surface area contributed by atoms with Crippen molar-refractivity contribution in [1.29, 1.82) is 0 Å². The first-order valence-corrected chi connectivity index (χ1v) is 55.8. The Morgan fingerprint density at radius 2 is 0.463 bits per heavy atom. The maximum absolute atomic E-state index is 12.5. The third kappa shape index (κ3) is 37.2. The van der Waals surface area contributed by atoms with Gasteiger partial charge in [-0.2, -0.15) is 0 Å². The molecule has 0 saturated heterocycles. The first kappa shape index (κ1) is 108. The largest absolute Gasteiger partial charge is 0.500 e. The molecule has 0 aliphatic rings. The van der Waals surface area contributed by atoms with Crippen LogP contribution in [0, 0.1) is 71.0 Å². The minimum atomic E-state index is -2.54. The number of unbranched alkanes of at least 4 members (excludes halogenated alkanes) is 32. The van der Waals surface area contributed by atoms with E-state index in [1.54, 1.807) is 0 Å². The summed E-state index contributed by atoms with van der Waals surface area (Å²) in [5.41, 5.74) is 24.3. The summed E-state index contributed by atoms with van der Waals surface area (Å²) in [5.74, 6) is 46.6. The number of aldehydes is 1. The molecule has 134 heavy (non-hydrogen) atoms. The number of hydrogen-bond donors (Lipinski definition) is 0. The number of carbonyl (C=O) groups excluding carboxylic acids is 1. The topological polar surface area (TPSA) is 54.0 Å². The van der Waals surface area contributed by atoms with Gasteiger partial charge < -0.3 is 18.0 Å². The minimum absolute atomic E-state index is 0.643. The van der Waals surface area contributed by atoms with Crippen LogP contribution in [0.2, 0.25) is 6.04 Å². The van der Waals surface area contributed by atoms with E-state index in [9.17, 15) is 4.79 Å². The predicted molar refractivity (Wildman–Crippen MR) is 577 cm³/mol. The lowest BCUT2D eigenvalue weighted by molar-refractivity contribution is 0.0706. The van der Waals surface area contributed by atoms with E-state index >= 15 is 0 Å². The van der Waals surface area contributed by atoms with E-state index in [1.165, 1.54) is 266 Å². The molecule has 0 saturated carbocycles. The third-order valence-electron chi connectivity index (χ3n) is 26.5. The Labute approximate surface area is 816 Å². The summed E-state index contributed by atoms with van der Waals surface area (Å²) in [6.07, 6.45) is 57.7. The number of ether oxygens (including phenoxy) is 1. The van der Waals surface area contributed by atoms with Gasteiger partial charge >= 0.3 is 8.80 Å². The second kappa shape index (κ2) is 64.4. The van der Waals surface area contributed by atoms with Gasteiger partial charge in [0, 0.05) is 98.2 Å². The van der Waals surface area contributed by atoms with Crippen molar-refractivity contribution in [3.8, 4) is 76.8 Å². The van der Waals surface area contributed by atoms with E-state index in [-0.39, 0.29) is 0 Å². The zero-order valence-electron chi connectivity index (χ0n) is 85.2. The first-order chi connectivity index (χ1) is 66.0. The molecule has 0 radical (unpaired) electrons. The summed E-state index contributed by atoms with van der Waals surface area (Å²) >= 11 is 0. The Morgan fingerprint density at radius 3 is 0.716 bits per heavy atom. The lowest BCUT2D eigenvalue weighted by Gasteiger charge is -2.28. The lowest BCUT2D eigenvalue weighted by Crippen LogP contribution is -2.45. The van der Waals surface area contributed by atoms with Gasteiger partial charge in [0.2, 0.25) is 0 Å². The monoisotopic (exact) mass is 1810 g/mol. The molecule has 0 bridgehead atoms. The number of rotatable bonds is 60. The van der Waals surface area contributed by atoms with Crippen molar-refractivity contribution in [2.45, 2.75) is 397 Å². The standard InChI is InChI=1S/C128H166O5Si/c1-12-23-31-46-60-106-96-116(108(62-48-33-25-14-3)94-114(106)81-76-103-72-74-104(75-73-103)80-91-127-123-68-54-56-70-125(123)128(102-129)126-71-57-55-69-124(126)127)83-85-118-98-112(66-52-37-29-18-7)120(100-110(118)64-50-35-27-16-5)87-88-121-101-111(65-51-36-28-17-6)119(99-113(121)67-53-38-30-19-8)86-84-117-97-107(61-47-32-24-13-2)115(95-109(117)63-49-34-26-15-4)82-77-105-78-89-122(90-79-105)130-92-58-44-42-40-39-41-43-45-59-93-134(131-20-9,132-21-10)133-22-11/h54-57,68-75,78-79,89-90,94-102H,12-53,58-67,92-93H2,1-11H3. The number of benzene rings is 9. The number of aryl methyl sites for hydroxylation is 8. The molecule has 0 spiro atoms. The Balaban J connectivity index is 1.03. The van der Waals surface area contributed by atoms with Crippen LogP contribution in [0.1, 0.15) is 461 Å². The van der Waals surface area contributed by atoms with Crippen LogP contribution in [-0.4, -0.2) is 41.5 Å². The second-order valence-corrected chi connectivity index (χ2v) is 40.2. The SMILES string of the molecule is CCCCCCc1cc(C#Cc2cc(CCCCCC)c(C#Cc3cc(CCCCCC)c(C#Cc4cc(CCCCCC)c(C#Cc5ccc(OCCCCCCCCCCC[Si](OCC)(OCC)OCC)cc5)cc4CCCCCC)cc3CCCCCC)cc2CCCCCC)c(CCCCCC)cc1C#Cc1ccc(C#Cc2c3ccccc3c(C=O)c3ccccc23)cc1. The average molecular weight is 1810 g/mol. The number of hydrogen-bond acceptors (Lipinski definition) is 5. The van der Waals surface area contributed by atoms with Crippen LogP contribution in [0.3, 0.4) is 0 Å². The zero-order chi connectivity index (χ0) is 94.7. The van der Waals surface area contributed by atoms with Gasteiger partial charge in [-0.25, -0.2) is 0 Å². The van der Waals surface area contributed by atoms with Gasteiger partial charge in [-0.05, 0) is 299 Å². The normalized spacial score (nSPS) is 11.1. The molecule has 0 aliphatic heterocycles. The highest BCUT2D eigenvalue weighted by molar-refractivity contribution is 6.60. The van der Waals surface area contributed by atoms with Gasteiger partial charge in [0.15, 0.2) is 6.29 Å². The maximum atomic E-state index is 12.5. The molecule has 0 atom stereocenters. The van der Waals surface area contributed by atoms with Gasteiger partial charge in [-0.1, -0.05) is 374 Å². The zero-order valence-corrected chi connectivity index (χ0v) is 86.2. The Hall–Kier alpha value is -9.57. The van der Waals surface area contributed by atoms with Gasteiger partial charge in [-0.15, -0.1) is 0 Å². The smallest absolute Gasteiger partial charge is 0.494 e. The molecule has 0 fully saturated rings. The molecular weight excluding hydrogens is 1650 g/mol. The second-order valence-electron chi connectivity index (χ2n) is 37.5. The Kier molecular flexibility index (Phi) is 52.0. The van der Waals surface area contributed by atoms with Crippen LogP contribution < -0.4 is 4.74 Å². The van der Waals surface area contributed by atoms with Gasteiger partial charge in [0.25, 0.3) is 0 Å². The molecule has 0 unspecified atom stereocenters. The highest BCUT2D eigenvalue weighted by Gasteiger charge is 2.39. The van der Waals surface area contributed by atoms with Crippen LogP contribution >= 0.6 is 0 Å². The number of fused-ring (bicyclic) bond motifs is 2. The summed E-state index contributed by atoms with van der Waals surface area (Å²) < 4.78 is 24.5. The van der Waals surface area contributed by atoms with E-state index in [1.807, 2.05) is 57.2 Å². The maximum Gasteiger partial charge on any atom is 0.500 e. The van der Waals surface area contributed by atoms with Gasteiger partial charge in [0.05, 0.1) is 6.61 Å². The van der Waals surface area contributed by atoms with Crippen LogP contribution in [0.15, 0.2) is 146 Å². The molecule has 6 heteroatoms. The van der Waals surface area contributed by atoms with Crippen molar-refractivity contribution in [3.63, 3.8) is 0 Å². The van der Waals surface area contributed by atoms with Crippen molar-refractivity contribution in [1.82, 2.24) is 0 Å². The summed E-state index contributed by atoms with van der Waals surface area (Å²) in [4.78, 5) is 12.5. The molecule has 0 aliphatic carbocycles. The van der Waals surface area contributed by atoms with Crippen molar-refractivity contribution >= 4 is 36.6 Å². The van der Waals surface area contributed by atoms with Crippen molar-refractivity contribution in [2.24, 2.45) is 0 Å². The van der Waals surface area contributed by atoms with Crippen LogP contribution in [0.25, 0.3) is 21.5 Å². The summed E-state index contributed by atoms with van der Waals surface area (Å²) in [7, 11) is -2.54. The number of carbonyl (C=O) groups is 1. The lowest BCUT2D eigenvalue weighted by atomic mass is 9.90. The average Bonchev–Trinajstić information content (AvgIpc) is 0.753. The van der Waals surface area contributed by atoms with Crippen LogP contribution in [0.4, 0.5) is 0 Å². The molecule has 0 N–H and O–H groups in total. The minimum Gasteiger partial charge on any atom is -0.494 e. The fourth-order valence-corrected chi connectivity index (χ4v) is 21.4. The molecule has 0 aromatic heterocycles. The highest BCUT2D eigenvalue weighted by Crippen LogP contribution is 2.34. The van der Waals surface area contributed by atoms with E-state index in [0.29, 0.717) is 25.4 Å². The first-order valence-electron chi connectivity index (χ1n) is 53.9. The van der Waals surface area contributed by atoms with Gasteiger partial charge in [-0.3, -0.25) is 4.79 Å². The summed E-state index contributed by atoms with van der Waals surface area (Å²) in [6, 6.07) is 53.8. The fourth-order valence-electron chi connectivity index (χ4n) is 18.7. The molecule has 0 heterocycles. The quantitative estimate of drug-likeness (QED) is 0.0125. The van der Waals surface area contributed by atoms with E-state index < -0.39 is 8.80 Å². The fraction of sp³-hybridized carbons (Fsp3) is 0.508. The molecular formula is C128H166O5Si. The Morgan fingerprint density at radius 1 is 0.239 bits per heavy atom. The van der Waals surface area contributed by atoms with Crippen molar-refractivity contribution in [2.75, 3.05) is 26.4 Å². The summed E-state index contributed by atoms with van der Waals surface area (Å²) in [5, 5.41) is 3.82. The van der Waals surface area contributed by atoms with Gasteiger partial charge in [0.1, 0.15) is 5.75 Å². The molecule has 5 nitrogen and oxygen atoms in total. The van der Waals surface area contributed by atoms with Crippen LogP contribution in [-0.2, 0) is 64.6 Å². The van der Waals surface area contributed by atoms with Crippen molar-refractivity contribution in [3.05, 3.63) is 262 Å². The summed E-state index contributed by atoms with van der Waals surface area (Å²) in [6.45, 7) is 27.3. The van der Waals surface area contributed by atoms with E-state index in [0.717, 1.165) is 206 Å².